The number of hydrogen-bond donors (Lipinski definition) is 3. The van der Waals surface area contributed by atoms with E-state index in [2.05, 4.69) is 19.2 Å². The first-order valence-electron chi connectivity index (χ1n) is 30.5. The fraction of sp³-hybridized carbons (Fsp3) is 0.934. The van der Waals surface area contributed by atoms with Gasteiger partial charge < -0.3 is 20.3 Å². The van der Waals surface area contributed by atoms with Crippen molar-refractivity contribution in [3.63, 3.8) is 0 Å². The Balaban J connectivity index is 3.38. The normalized spacial score (nSPS) is 12.6. The number of rotatable bonds is 57. The van der Waals surface area contributed by atoms with Crippen LogP contribution in [0.5, 0.6) is 0 Å². The smallest absolute Gasteiger partial charge is 0.305 e. The van der Waals surface area contributed by atoms with E-state index in [1.165, 1.54) is 276 Å². The van der Waals surface area contributed by atoms with E-state index in [9.17, 15) is 19.8 Å². The Morgan fingerprint density at radius 2 is 0.687 bits per heavy atom. The molecule has 1 amide bonds. The molecule has 0 heterocycles. The standard InChI is InChI=1S/C61H119NO5/c1-3-5-7-9-11-13-15-17-18-19-20-24-27-31-35-39-43-47-51-55-61(66)67-56-52-48-44-40-36-32-28-25-22-21-23-26-30-34-38-42-46-50-54-60(65)62-58(57-63)59(64)53-49-45-41-37-33-29-16-14-12-10-8-6-4-2/h49,53,58-59,63-64H,3-48,50-52,54-57H2,1-2H3,(H,62,65)/b53-49+. The largest absolute Gasteiger partial charge is 0.466 e. The van der Waals surface area contributed by atoms with Gasteiger partial charge in [0.1, 0.15) is 0 Å². The minimum Gasteiger partial charge on any atom is -0.466 e. The summed E-state index contributed by atoms with van der Waals surface area (Å²) in [4.78, 5) is 24.5. The Morgan fingerprint density at radius 1 is 0.403 bits per heavy atom. The summed E-state index contributed by atoms with van der Waals surface area (Å²) in [6.07, 6.45) is 68.2. The third kappa shape index (κ3) is 53.8. The van der Waals surface area contributed by atoms with Crippen molar-refractivity contribution in [2.75, 3.05) is 13.2 Å². The SMILES string of the molecule is CCCCCCCCCCCCC/C=C/C(O)C(CO)NC(=O)CCCCCCCCCCCCCCCCCCCCOC(=O)CCCCCCCCCCCCCCCCCCCCC. The molecule has 6 nitrogen and oxygen atoms in total. The summed E-state index contributed by atoms with van der Waals surface area (Å²) in [6, 6.07) is -0.629. The van der Waals surface area contributed by atoms with E-state index in [4.69, 9.17) is 4.74 Å². The van der Waals surface area contributed by atoms with Crippen molar-refractivity contribution in [3.8, 4) is 0 Å². The van der Waals surface area contributed by atoms with Crippen molar-refractivity contribution in [2.45, 2.75) is 353 Å². The first kappa shape index (κ1) is 65.6. The number of esters is 1. The summed E-state index contributed by atoms with van der Waals surface area (Å²) in [5.41, 5.74) is 0. The summed E-state index contributed by atoms with van der Waals surface area (Å²) in [5, 5.41) is 23.1. The zero-order valence-corrected chi connectivity index (χ0v) is 45.4. The number of aliphatic hydroxyl groups excluding tert-OH is 2. The molecule has 0 spiro atoms. The predicted octanol–water partition coefficient (Wildman–Crippen LogP) is 18.9. The third-order valence-electron chi connectivity index (χ3n) is 14.3. The molecule has 0 saturated heterocycles. The van der Waals surface area contributed by atoms with Crippen molar-refractivity contribution in [3.05, 3.63) is 12.2 Å². The van der Waals surface area contributed by atoms with Gasteiger partial charge >= 0.3 is 5.97 Å². The highest BCUT2D eigenvalue weighted by molar-refractivity contribution is 5.76. The highest BCUT2D eigenvalue weighted by Gasteiger charge is 2.18. The van der Waals surface area contributed by atoms with Crippen molar-refractivity contribution >= 4 is 11.9 Å². The average molecular weight is 947 g/mol. The fourth-order valence-corrected chi connectivity index (χ4v) is 9.64. The lowest BCUT2D eigenvalue weighted by atomic mass is 10.0. The van der Waals surface area contributed by atoms with Gasteiger partial charge in [-0.15, -0.1) is 0 Å². The van der Waals surface area contributed by atoms with Gasteiger partial charge in [0, 0.05) is 12.8 Å². The Morgan fingerprint density at radius 3 is 1.01 bits per heavy atom. The van der Waals surface area contributed by atoms with Crippen molar-refractivity contribution in [2.24, 2.45) is 0 Å². The summed E-state index contributed by atoms with van der Waals surface area (Å²) in [7, 11) is 0. The maximum absolute atomic E-state index is 12.4. The molecule has 0 fully saturated rings. The number of carbonyl (C=O) groups excluding carboxylic acids is 2. The number of carbonyl (C=O) groups is 2. The molecular weight excluding hydrogens is 827 g/mol. The second-order valence-electron chi connectivity index (χ2n) is 21.0. The van der Waals surface area contributed by atoms with Crippen molar-refractivity contribution < 1.29 is 24.5 Å². The molecule has 0 aliphatic rings. The molecule has 0 aromatic rings. The van der Waals surface area contributed by atoms with Crippen LogP contribution in [0.3, 0.4) is 0 Å². The quantitative estimate of drug-likeness (QED) is 0.0321. The lowest BCUT2D eigenvalue weighted by molar-refractivity contribution is -0.143. The zero-order chi connectivity index (χ0) is 48.6. The first-order valence-corrected chi connectivity index (χ1v) is 30.5. The molecule has 0 bridgehead atoms. The van der Waals surface area contributed by atoms with Gasteiger partial charge in [-0.25, -0.2) is 0 Å². The minimum absolute atomic E-state index is 0.0118. The number of unbranched alkanes of at least 4 members (excludes halogenated alkanes) is 46. The monoisotopic (exact) mass is 946 g/mol. The topological polar surface area (TPSA) is 95.9 Å². The van der Waals surface area contributed by atoms with Crippen LogP contribution in [0, 0.1) is 0 Å². The van der Waals surface area contributed by atoms with Gasteiger partial charge in [-0.3, -0.25) is 9.59 Å². The maximum atomic E-state index is 12.4. The van der Waals surface area contributed by atoms with Crippen LogP contribution in [-0.4, -0.2) is 47.4 Å². The Labute approximate surface area is 419 Å². The molecule has 398 valence electrons. The summed E-state index contributed by atoms with van der Waals surface area (Å²) < 4.78 is 5.50. The van der Waals surface area contributed by atoms with Crippen LogP contribution >= 0.6 is 0 Å². The molecule has 6 heteroatoms. The lowest BCUT2D eigenvalue weighted by Gasteiger charge is -2.20. The molecule has 0 rings (SSSR count). The van der Waals surface area contributed by atoms with Crippen LogP contribution in [0.4, 0.5) is 0 Å². The third-order valence-corrected chi connectivity index (χ3v) is 14.3. The van der Waals surface area contributed by atoms with E-state index >= 15 is 0 Å². The molecule has 0 aliphatic heterocycles. The molecule has 0 saturated carbocycles. The van der Waals surface area contributed by atoms with Crippen LogP contribution < -0.4 is 5.32 Å². The Bertz CT molecular complexity index is 1000. The fourth-order valence-electron chi connectivity index (χ4n) is 9.64. The molecule has 3 N–H and O–H groups in total. The number of nitrogens with one attached hydrogen (secondary N) is 1. The summed E-state index contributed by atoms with van der Waals surface area (Å²) in [6.45, 7) is 4.92. The molecule has 2 atom stereocenters. The van der Waals surface area contributed by atoms with Gasteiger partial charge in [-0.1, -0.05) is 309 Å². The van der Waals surface area contributed by atoms with E-state index in [0.29, 0.717) is 19.4 Å². The van der Waals surface area contributed by atoms with Crippen LogP contribution in [0.1, 0.15) is 341 Å². The van der Waals surface area contributed by atoms with Crippen LogP contribution in [0.15, 0.2) is 12.2 Å². The molecule has 2 unspecified atom stereocenters. The van der Waals surface area contributed by atoms with Gasteiger partial charge in [-0.2, -0.15) is 0 Å². The number of amides is 1. The highest BCUT2D eigenvalue weighted by atomic mass is 16.5. The number of aliphatic hydroxyl groups is 2. The van der Waals surface area contributed by atoms with E-state index in [-0.39, 0.29) is 18.5 Å². The van der Waals surface area contributed by atoms with Crippen LogP contribution in [-0.2, 0) is 14.3 Å². The summed E-state index contributed by atoms with van der Waals surface area (Å²) >= 11 is 0. The van der Waals surface area contributed by atoms with E-state index in [1.807, 2.05) is 6.08 Å². The molecule has 0 aromatic heterocycles. The van der Waals surface area contributed by atoms with Gasteiger partial charge in [0.25, 0.3) is 0 Å². The highest BCUT2D eigenvalue weighted by Crippen LogP contribution is 2.18. The average Bonchev–Trinajstić information content (AvgIpc) is 3.33. The number of hydrogen-bond acceptors (Lipinski definition) is 5. The van der Waals surface area contributed by atoms with Gasteiger partial charge in [-0.05, 0) is 32.1 Å². The number of allylic oxidation sites excluding steroid dienone is 1. The Kier molecular flexibility index (Phi) is 56.0. The molecule has 67 heavy (non-hydrogen) atoms. The van der Waals surface area contributed by atoms with Crippen LogP contribution in [0.25, 0.3) is 0 Å². The zero-order valence-electron chi connectivity index (χ0n) is 45.4. The van der Waals surface area contributed by atoms with E-state index < -0.39 is 12.1 Å². The second kappa shape index (κ2) is 57.2. The second-order valence-corrected chi connectivity index (χ2v) is 21.0. The summed E-state index contributed by atoms with van der Waals surface area (Å²) in [5.74, 6) is -0.0587. The van der Waals surface area contributed by atoms with E-state index in [0.717, 1.165) is 38.5 Å². The molecule has 0 radical (unpaired) electrons. The van der Waals surface area contributed by atoms with Crippen molar-refractivity contribution in [1.82, 2.24) is 5.32 Å². The lowest BCUT2D eigenvalue weighted by Crippen LogP contribution is -2.45. The number of ether oxygens (including phenoxy) is 1. The van der Waals surface area contributed by atoms with Gasteiger partial charge in [0.2, 0.25) is 5.91 Å². The van der Waals surface area contributed by atoms with Crippen LogP contribution in [0.2, 0.25) is 0 Å². The van der Waals surface area contributed by atoms with Gasteiger partial charge in [0.05, 0.1) is 25.4 Å². The molecular formula is C61H119NO5. The molecule has 0 aromatic carbocycles. The van der Waals surface area contributed by atoms with Gasteiger partial charge in [0.15, 0.2) is 0 Å². The first-order chi connectivity index (χ1) is 33.0. The maximum Gasteiger partial charge on any atom is 0.305 e. The predicted molar refractivity (Wildman–Crippen MR) is 292 cm³/mol. The van der Waals surface area contributed by atoms with Crippen molar-refractivity contribution in [1.29, 1.82) is 0 Å². The molecule has 0 aliphatic carbocycles. The van der Waals surface area contributed by atoms with E-state index in [1.54, 1.807) is 6.08 Å². The Hall–Kier alpha value is -1.40. The minimum atomic E-state index is -0.845.